The maximum absolute atomic E-state index is 5.44. The quantitative estimate of drug-likeness (QED) is 0.560. The van der Waals surface area contributed by atoms with E-state index in [2.05, 4.69) is 26.1 Å². The Labute approximate surface area is 83.1 Å². The van der Waals surface area contributed by atoms with Crippen molar-refractivity contribution in [3.63, 3.8) is 0 Å². The maximum atomic E-state index is 5.44. The van der Waals surface area contributed by atoms with Gasteiger partial charge in [0.15, 0.2) is 0 Å². The first-order chi connectivity index (χ1) is 6.31. The number of hydrogen-bond acceptors (Lipinski definition) is 2. The van der Waals surface area contributed by atoms with Gasteiger partial charge < -0.3 is 10.1 Å². The topological polar surface area (TPSA) is 21.3 Å². The second-order valence-electron chi connectivity index (χ2n) is 3.61. The summed E-state index contributed by atoms with van der Waals surface area (Å²) in [6.45, 7) is 9.40. The highest BCUT2D eigenvalue weighted by atomic mass is 16.5. The van der Waals surface area contributed by atoms with Crippen molar-refractivity contribution in [1.82, 2.24) is 5.32 Å². The van der Waals surface area contributed by atoms with Gasteiger partial charge in [-0.25, -0.2) is 0 Å². The number of rotatable bonds is 9. The fourth-order valence-corrected chi connectivity index (χ4v) is 1.26. The van der Waals surface area contributed by atoms with Crippen molar-refractivity contribution in [2.45, 2.75) is 52.5 Å². The van der Waals surface area contributed by atoms with E-state index in [1.165, 1.54) is 25.7 Å². The fraction of sp³-hybridized carbons (Fsp3) is 1.00. The van der Waals surface area contributed by atoms with E-state index >= 15 is 0 Å². The molecule has 2 nitrogen and oxygen atoms in total. The summed E-state index contributed by atoms with van der Waals surface area (Å²) in [6.07, 6.45) is 4.92. The normalized spacial score (nSPS) is 13.2. The molecule has 0 saturated heterocycles. The first-order valence-corrected chi connectivity index (χ1v) is 5.62. The predicted molar refractivity (Wildman–Crippen MR) is 58.1 cm³/mol. The molecule has 0 aliphatic rings. The molecule has 0 bridgehead atoms. The van der Waals surface area contributed by atoms with Crippen molar-refractivity contribution in [2.75, 3.05) is 19.8 Å². The maximum Gasteiger partial charge on any atom is 0.0590 e. The predicted octanol–water partition coefficient (Wildman–Crippen LogP) is 2.58. The molecule has 0 aromatic carbocycles. The molecule has 0 fully saturated rings. The molecule has 13 heavy (non-hydrogen) atoms. The Morgan fingerprint density at radius 3 is 2.54 bits per heavy atom. The molecule has 0 heterocycles. The van der Waals surface area contributed by atoms with Gasteiger partial charge in [-0.3, -0.25) is 0 Å². The third-order valence-corrected chi connectivity index (χ3v) is 2.10. The summed E-state index contributed by atoms with van der Waals surface area (Å²) in [4.78, 5) is 0. The van der Waals surface area contributed by atoms with Gasteiger partial charge in [0.25, 0.3) is 0 Å². The molecule has 0 rings (SSSR count). The third kappa shape index (κ3) is 9.84. The Kier molecular flexibility index (Phi) is 9.94. The van der Waals surface area contributed by atoms with Crippen molar-refractivity contribution in [3.05, 3.63) is 0 Å². The van der Waals surface area contributed by atoms with Crippen LogP contribution in [0.1, 0.15) is 46.5 Å². The van der Waals surface area contributed by atoms with Crippen LogP contribution < -0.4 is 5.32 Å². The number of unbranched alkanes of at least 4 members (excludes halogenated alkanes) is 1. The number of hydrogen-bond donors (Lipinski definition) is 1. The van der Waals surface area contributed by atoms with Crippen LogP contribution in [0.2, 0.25) is 0 Å². The van der Waals surface area contributed by atoms with E-state index in [0.29, 0.717) is 6.04 Å². The van der Waals surface area contributed by atoms with Crippen LogP contribution in [0.4, 0.5) is 0 Å². The second kappa shape index (κ2) is 10.0. The lowest BCUT2D eigenvalue weighted by Gasteiger charge is -2.12. The molecule has 1 unspecified atom stereocenters. The molecule has 0 amide bonds. The van der Waals surface area contributed by atoms with Gasteiger partial charge in [-0.1, -0.05) is 26.7 Å². The molecule has 0 aliphatic heterocycles. The Morgan fingerprint density at radius 1 is 1.15 bits per heavy atom. The monoisotopic (exact) mass is 187 g/mol. The summed E-state index contributed by atoms with van der Waals surface area (Å²) in [5.41, 5.74) is 0. The van der Waals surface area contributed by atoms with Crippen LogP contribution in [0.25, 0.3) is 0 Å². The number of ether oxygens (including phenoxy) is 1. The summed E-state index contributed by atoms with van der Waals surface area (Å²) in [6, 6.07) is 0.639. The van der Waals surface area contributed by atoms with E-state index in [0.717, 1.165) is 19.8 Å². The highest BCUT2D eigenvalue weighted by Crippen LogP contribution is 1.93. The third-order valence-electron chi connectivity index (χ3n) is 2.10. The standard InChI is InChI=1S/C11H25NO/c1-4-6-9-13-10-8-12-11(3)7-5-2/h11-12H,4-10H2,1-3H3. The largest absolute Gasteiger partial charge is 0.380 e. The first kappa shape index (κ1) is 12.9. The summed E-state index contributed by atoms with van der Waals surface area (Å²) in [7, 11) is 0. The minimum Gasteiger partial charge on any atom is -0.380 e. The highest BCUT2D eigenvalue weighted by molar-refractivity contribution is 4.58. The lowest BCUT2D eigenvalue weighted by molar-refractivity contribution is 0.131. The second-order valence-corrected chi connectivity index (χ2v) is 3.61. The zero-order valence-electron chi connectivity index (χ0n) is 9.44. The van der Waals surface area contributed by atoms with Crippen LogP contribution in [0.15, 0.2) is 0 Å². The van der Waals surface area contributed by atoms with E-state index in [1.54, 1.807) is 0 Å². The first-order valence-electron chi connectivity index (χ1n) is 5.62. The molecule has 0 spiro atoms. The van der Waals surface area contributed by atoms with Crippen LogP contribution in [-0.2, 0) is 4.74 Å². The Bertz CT molecular complexity index is 96.1. The van der Waals surface area contributed by atoms with Crippen LogP contribution in [0, 0.1) is 0 Å². The van der Waals surface area contributed by atoms with E-state index < -0.39 is 0 Å². The SMILES string of the molecule is CCCCOCCNC(C)CCC. The van der Waals surface area contributed by atoms with Crippen molar-refractivity contribution < 1.29 is 4.74 Å². The van der Waals surface area contributed by atoms with Gasteiger partial charge in [-0.05, 0) is 19.8 Å². The molecular formula is C11H25NO. The fourth-order valence-electron chi connectivity index (χ4n) is 1.26. The van der Waals surface area contributed by atoms with Gasteiger partial charge >= 0.3 is 0 Å². The molecule has 1 N–H and O–H groups in total. The van der Waals surface area contributed by atoms with Gasteiger partial charge in [0.05, 0.1) is 6.61 Å². The van der Waals surface area contributed by atoms with Crippen molar-refractivity contribution in [2.24, 2.45) is 0 Å². The van der Waals surface area contributed by atoms with Crippen LogP contribution >= 0.6 is 0 Å². The summed E-state index contributed by atoms with van der Waals surface area (Å²) < 4.78 is 5.44. The molecule has 2 heteroatoms. The highest BCUT2D eigenvalue weighted by Gasteiger charge is 1.97. The number of nitrogens with one attached hydrogen (secondary N) is 1. The molecule has 1 atom stereocenters. The van der Waals surface area contributed by atoms with E-state index in [9.17, 15) is 0 Å². The average molecular weight is 187 g/mol. The van der Waals surface area contributed by atoms with E-state index in [-0.39, 0.29) is 0 Å². The molecular weight excluding hydrogens is 162 g/mol. The van der Waals surface area contributed by atoms with Gasteiger partial charge in [0.2, 0.25) is 0 Å². The summed E-state index contributed by atoms with van der Waals surface area (Å²) in [5, 5.41) is 3.44. The molecule has 0 saturated carbocycles. The van der Waals surface area contributed by atoms with Crippen molar-refractivity contribution >= 4 is 0 Å². The molecule has 0 radical (unpaired) electrons. The zero-order chi connectivity index (χ0) is 9.94. The van der Waals surface area contributed by atoms with Crippen molar-refractivity contribution in [1.29, 1.82) is 0 Å². The van der Waals surface area contributed by atoms with Gasteiger partial charge in [0.1, 0.15) is 0 Å². The summed E-state index contributed by atoms with van der Waals surface area (Å²) in [5.74, 6) is 0. The lowest BCUT2D eigenvalue weighted by Crippen LogP contribution is -2.29. The van der Waals surface area contributed by atoms with Crippen molar-refractivity contribution in [3.8, 4) is 0 Å². The van der Waals surface area contributed by atoms with Gasteiger partial charge in [0, 0.05) is 19.2 Å². The van der Waals surface area contributed by atoms with Crippen LogP contribution in [-0.4, -0.2) is 25.8 Å². The van der Waals surface area contributed by atoms with E-state index in [1.807, 2.05) is 0 Å². The molecule has 0 aliphatic carbocycles. The average Bonchev–Trinajstić information content (AvgIpc) is 2.11. The van der Waals surface area contributed by atoms with Crippen LogP contribution in [0.3, 0.4) is 0 Å². The molecule has 0 aromatic rings. The Morgan fingerprint density at radius 2 is 1.92 bits per heavy atom. The smallest absolute Gasteiger partial charge is 0.0590 e. The van der Waals surface area contributed by atoms with E-state index in [4.69, 9.17) is 4.74 Å². The minimum absolute atomic E-state index is 0.639. The Balaban J connectivity index is 2.97. The van der Waals surface area contributed by atoms with Gasteiger partial charge in [-0.15, -0.1) is 0 Å². The lowest BCUT2D eigenvalue weighted by atomic mass is 10.2. The molecule has 80 valence electrons. The van der Waals surface area contributed by atoms with Gasteiger partial charge in [-0.2, -0.15) is 0 Å². The zero-order valence-corrected chi connectivity index (χ0v) is 9.44. The van der Waals surface area contributed by atoms with Crippen LogP contribution in [0.5, 0.6) is 0 Å². The minimum atomic E-state index is 0.639. The summed E-state index contributed by atoms with van der Waals surface area (Å²) >= 11 is 0. The Hall–Kier alpha value is -0.0800. The molecule has 0 aromatic heterocycles.